The molecule has 0 saturated heterocycles. The molecule has 0 heterocycles. The third-order valence-electron chi connectivity index (χ3n) is 3.20. The average Bonchev–Trinajstić information content (AvgIpc) is 2.30. The monoisotopic (exact) mass is 398 g/mol. The largest absolute Gasteiger partial charge is 1.00 e. The van der Waals surface area contributed by atoms with Gasteiger partial charge in [-0.3, -0.25) is 4.79 Å². The molecule has 4 nitrogen and oxygen atoms in total. The molecule has 0 aromatic heterocycles. The molecule has 0 fully saturated rings. The van der Waals surface area contributed by atoms with Crippen LogP contribution in [0.25, 0.3) is 0 Å². The maximum atomic E-state index is 11.0. The summed E-state index contributed by atoms with van der Waals surface area (Å²) in [4.78, 5) is 11.0. The second-order valence-corrected chi connectivity index (χ2v) is 6.30. The fourth-order valence-electron chi connectivity index (χ4n) is 2.07. The van der Waals surface area contributed by atoms with Crippen LogP contribution >= 0.6 is 0 Å². The van der Waals surface area contributed by atoms with Crippen molar-refractivity contribution in [2.45, 2.75) is 57.8 Å². The third kappa shape index (κ3) is 17.8. The van der Waals surface area contributed by atoms with E-state index < -0.39 is 0 Å². The van der Waals surface area contributed by atoms with Gasteiger partial charge in [-0.15, -0.1) is 0 Å². The highest BCUT2D eigenvalue weighted by molar-refractivity contribution is 6.27. The van der Waals surface area contributed by atoms with Crippen molar-refractivity contribution in [3.05, 3.63) is 0 Å². The van der Waals surface area contributed by atoms with Gasteiger partial charge in [-0.2, -0.15) is 0 Å². The minimum Gasteiger partial charge on any atom is -1.00 e. The molecule has 0 aliphatic rings. The zero-order valence-corrected chi connectivity index (χ0v) is 15.4. The standard InChI is InChI=1S/C15H30N2O2.HI/c1-17(2,3)13-11-9-7-5-4-6-8-10-12-15(18)14-16-19;/h14H,4-13H2,1-3H3;1H. The number of oxime groups is 1. The molecule has 0 radical (unpaired) electrons. The fraction of sp³-hybridized carbons (Fsp3) is 0.867. The van der Waals surface area contributed by atoms with Gasteiger partial charge in [0, 0.05) is 6.42 Å². The van der Waals surface area contributed by atoms with E-state index >= 15 is 0 Å². The number of unbranched alkanes of at least 4 members (excludes halogenated alkanes) is 7. The number of halogens is 1. The summed E-state index contributed by atoms with van der Waals surface area (Å²) in [5.74, 6) is -0.0807. The lowest BCUT2D eigenvalue weighted by Crippen LogP contribution is -3.00. The van der Waals surface area contributed by atoms with Gasteiger partial charge in [0.1, 0.15) is 6.21 Å². The minimum atomic E-state index is -0.0807. The zero-order chi connectivity index (χ0) is 14.6. The number of hydrogen-bond acceptors (Lipinski definition) is 3. The number of rotatable bonds is 12. The molecule has 1 N–H and O–H groups in total. The molecule has 0 bridgehead atoms. The number of Topliss-reactive ketones (excluding diaryl/α,β-unsaturated/α-hetero) is 1. The molecule has 0 aliphatic carbocycles. The first kappa shape index (κ1) is 22.1. The Kier molecular flexibility index (Phi) is 15.3. The van der Waals surface area contributed by atoms with Crippen LogP contribution in [0.4, 0.5) is 0 Å². The Morgan fingerprint density at radius 3 is 1.85 bits per heavy atom. The molecule has 5 heteroatoms. The van der Waals surface area contributed by atoms with E-state index in [-0.39, 0.29) is 29.8 Å². The summed E-state index contributed by atoms with van der Waals surface area (Å²) in [6.07, 6.45) is 11.3. The van der Waals surface area contributed by atoms with Gasteiger partial charge in [0.25, 0.3) is 0 Å². The number of hydrogen-bond donors (Lipinski definition) is 1. The predicted octanol–water partition coefficient (Wildman–Crippen LogP) is 0.237. The van der Waals surface area contributed by atoms with Crippen LogP contribution < -0.4 is 24.0 Å². The Balaban J connectivity index is 0. The summed E-state index contributed by atoms with van der Waals surface area (Å²) in [7, 11) is 6.72. The van der Waals surface area contributed by atoms with E-state index in [1.807, 2.05) is 0 Å². The van der Waals surface area contributed by atoms with Crippen LogP contribution in [0.3, 0.4) is 0 Å². The van der Waals surface area contributed by atoms with Crippen molar-refractivity contribution in [2.24, 2.45) is 5.16 Å². The molecular weight excluding hydrogens is 367 g/mol. The summed E-state index contributed by atoms with van der Waals surface area (Å²) in [6.45, 7) is 1.26. The molecule has 0 atom stereocenters. The number of ketones is 1. The second-order valence-electron chi connectivity index (χ2n) is 6.30. The molecule has 0 unspecified atom stereocenters. The van der Waals surface area contributed by atoms with Crippen LogP contribution in [-0.2, 0) is 4.79 Å². The Morgan fingerprint density at radius 1 is 0.950 bits per heavy atom. The molecule has 120 valence electrons. The number of quaternary nitrogens is 1. The lowest BCUT2D eigenvalue weighted by atomic mass is 10.1. The summed E-state index contributed by atoms with van der Waals surface area (Å²) in [5.41, 5.74) is 0. The second kappa shape index (κ2) is 13.8. The number of carbonyl (C=O) groups is 1. The van der Waals surface area contributed by atoms with Crippen molar-refractivity contribution in [1.29, 1.82) is 0 Å². The van der Waals surface area contributed by atoms with Gasteiger partial charge in [0.15, 0.2) is 5.78 Å². The molecule has 0 aromatic rings. The summed E-state index contributed by atoms with van der Waals surface area (Å²) in [6, 6.07) is 0. The Labute approximate surface area is 141 Å². The molecule has 0 aliphatic heterocycles. The van der Waals surface area contributed by atoms with Crippen LogP contribution in [0.2, 0.25) is 0 Å². The summed E-state index contributed by atoms with van der Waals surface area (Å²) in [5, 5.41) is 10.9. The van der Waals surface area contributed by atoms with Gasteiger partial charge in [-0.05, 0) is 19.3 Å². The van der Waals surface area contributed by atoms with Gasteiger partial charge < -0.3 is 33.7 Å². The maximum absolute atomic E-state index is 11.0. The molecule has 20 heavy (non-hydrogen) atoms. The quantitative estimate of drug-likeness (QED) is 0.128. The van der Waals surface area contributed by atoms with Crippen molar-refractivity contribution in [1.82, 2.24) is 0 Å². The first-order valence-electron chi connectivity index (χ1n) is 7.46. The Morgan fingerprint density at radius 2 is 1.40 bits per heavy atom. The van der Waals surface area contributed by atoms with E-state index in [0.29, 0.717) is 6.42 Å². The SMILES string of the molecule is C[N+](C)(C)CCCCCCCCCCC(=O)/C=N/O.[I-]. The smallest absolute Gasteiger partial charge is 0.177 e. The highest BCUT2D eigenvalue weighted by Gasteiger charge is 2.05. The Hall–Kier alpha value is -0.170. The highest BCUT2D eigenvalue weighted by Crippen LogP contribution is 2.10. The van der Waals surface area contributed by atoms with Crippen LogP contribution in [0.5, 0.6) is 0 Å². The van der Waals surface area contributed by atoms with Gasteiger partial charge in [0.05, 0.1) is 27.7 Å². The van der Waals surface area contributed by atoms with Crippen molar-refractivity contribution in [3.63, 3.8) is 0 Å². The van der Waals surface area contributed by atoms with Crippen LogP contribution in [0.1, 0.15) is 57.8 Å². The van der Waals surface area contributed by atoms with E-state index in [9.17, 15) is 4.79 Å². The van der Waals surface area contributed by atoms with E-state index in [2.05, 4.69) is 26.3 Å². The van der Waals surface area contributed by atoms with E-state index in [1.165, 1.54) is 45.1 Å². The average molecular weight is 398 g/mol. The van der Waals surface area contributed by atoms with Crippen molar-refractivity contribution < 1.29 is 38.5 Å². The molecule has 0 rings (SSSR count). The topological polar surface area (TPSA) is 49.7 Å². The van der Waals surface area contributed by atoms with E-state index in [1.54, 1.807) is 0 Å². The zero-order valence-electron chi connectivity index (χ0n) is 13.3. The third-order valence-corrected chi connectivity index (χ3v) is 3.20. The molecular formula is C15H31IN2O2. The lowest BCUT2D eigenvalue weighted by Gasteiger charge is -2.23. The van der Waals surface area contributed by atoms with Gasteiger partial charge in [-0.25, -0.2) is 0 Å². The summed E-state index contributed by atoms with van der Waals surface area (Å²) < 4.78 is 1.06. The van der Waals surface area contributed by atoms with Crippen LogP contribution in [0.15, 0.2) is 5.16 Å². The lowest BCUT2D eigenvalue weighted by molar-refractivity contribution is -0.870. The van der Waals surface area contributed by atoms with E-state index in [0.717, 1.165) is 23.5 Å². The Bertz CT molecular complexity index is 263. The van der Waals surface area contributed by atoms with Gasteiger partial charge in [0.2, 0.25) is 0 Å². The fourth-order valence-corrected chi connectivity index (χ4v) is 2.07. The van der Waals surface area contributed by atoms with Gasteiger partial charge >= 0.3 is 0 Å². The van der Waals surface area contributed by atoms with Crippen LogP contribution in [-0.4, -0.2) is 49.4 Å². The number of carbonyl (C=O) groups excluding carboxylic acids is 1. The molecule has 0 aromatic carbocycles. The molecule has 0 saturated carbocycles. The highest BCUT2D eigenvalue weighted by atomic mass is 127. The van der Waals surface area contributed by atoms with E-state index in [4.69, 9.17) is 5.21 Å². The normalized spacial score (nSPS) is 11.6. The van der Waals surface area contributed by atoms with Crippen molar-refractivity contribution in [2.75, 3.05) is 27.7 Å². The van der Waals surface area contributed by atoms with Crippen LogP contribution in [0, 0.1) is 0 Å². The predicted molar refractivity (Wildman–Crippen MR) is 79.7 cm³/mol. The molecule has 0 spiro atoms. The number of nitrogens with zero attached hydrogens (tertiary/aromatic N) is 2. The van der Waals surface area contributed by atoms with Gasteiger partial charge in [-0.1, -0.05) is 37.3 Å². The molecule has 0 amide bonds. The minimum absolute atomic E-state index is 0. The maximum Gasteiger partial charge on any atom is 0.177 e. The first-order chi connectivity index (χ1) is 8.95. The first-order valence-corrected chi connectivity index (χ1v) is 7.46. The summed E-state index contributed by atoms with van der Waals surface area (Å²) >= 11 is 0. The van der Waals surface area contributed by atoms with Crippen molar-refractivity contribution >= 4 is 12.0 Å². The van der Waals surface area contributed by atoms with Crippen molar-refractivity contribution in [3.8, 4) is 0 Å².